The van der Waals surface area contributed by atoms with Gasteiger partial charge in [0.25, 0.3) is 0 Å². The Morgan fingerprint density at radius 1 is 1.43 bits per heavy atom. The normalized spacial score (nSPS) is 17.6. The second-order valence-electron chi connectivity index (χ2n) is 5.84. The first-order valence-corrected chi connectivity index (χ1v) is 8.60. The Morgan fingerprint density at radius 2 is 2.19 bits per heavy atom. The molecule has 0 bridgehead atoms. The topological polar surface area (TPSA) is 55.6 Å². The predicted molar refractivity (Wildman–Crippen MR) is 86.2 cm³/mol. The first-order valence-electron chi connectivity index (χ1n) is 7.72. The molecule has 0 aromatic carbocycles. The van der Waals surface area contributed by atoms with Gasteiger partial charge in [0.1, 0.15) is 0 Å². The molecule has 1 aliphatic carbocycles. The highest BCUT2D eigenvalue weighted by Crippen LogP contribution is 2.37. The molecule has 1 aliphatic rings. The Labute approximate surface area is 131 Å². The molecule has 21 heavy (non-hydrogen) atoms. The fourth-order valence-electron chi connectivity index (χ4n) is 3.11. The van der Waals surface area contributed by atoms with E-state index in [1.165, 1.54) is 11.3 Å². The summed E-state index contributed by atoms with van der Waals surface area (Å²) in [6.45, 7) is 2.33. The molecule has 1 aromatic rings. The van der Waals surface area contributed by atoms with Crippen LogP contribution in [-0.4, -0.2) is 37.6 Å². The van der Waals surface area contributed by atoms with Crippen molar-refractivity contribution in [1.82, 2.24) is 4.90 Å². The Morgan fingerprint density at radius 3 is 2.76 bits per heavy atom. The monoisotopic (exact) mass is 310 g/mol. The maximum atomic E-state index is 13.1. The molecule has 2 rings (SSSR count). The van der Waals surface area contributed by atoms with Gasteiger partial charge in [-0.05, 0) is 24.3 Å². The van der Waals surface area contributed by atoms with Crippen molar-refractivity contribution in [3.05, 3.63) is 22.4 Å². The van der Waals surface area contributed by atoms with E-state index < -0.39 is 0 Å². The lowest BCUT2D eigenvalue weighted by atomic mass is 9.73. The molecule has 0 aliphatic heterocycles. The minimum Gasteiger partial charge on any atom is -0.383 e. The maximum absolute atomic E-state index is 13.1. The molecule has 0 saturated heterocycles. The molecular weight excluding hydrogens is 284 g/mol. The zero-order chi connectivity index (χ0) is 15.1. The summed E-state index contributed by atoms with van der Waals surface area (Å²) in [7, 11) is 1.67. The van der Waals surface area contributed by atoms with E-state index in [0.717, 1.165) is 25.7 Å². The van der Waals surface area contributed by atoms with Gasteiger partial charge < -0.3 is 15.4 Å². The second-order valence-corrected chi connectivity index (χ2v) is 6.88. The van der Waals surface area contributed by atoms with Crippen molar-refractivity contribution in [3.63, 3.8) is 0 Å². The molecule has 1 fully saturated rings. The lowest BCUT2D eigenvalue weighted by Gasteiger charge is -2.39. The summed E-state index contributed by atoms with van der Waals surface area (Å²) < 4.78 is 5.17. The SMILES string of the molecule is COCCN(Cc1cccs1)C(=O)C1(CN)CCCCC1. The fourth-order valence-corrected chi connectivity index (χ4v) is 3.83. The zero-order valence-electron chi connectivity index (χ0n) is 12.8. The van der Waals surface area contributed by atoms with E-state index in [9.17, 15) is 4.79 Å². The number of amides is 1. The van der Waals surface area contributed by atoms with Gasteiger partial charge in [-0.3, -0.25) is 4.79 Å². The molecule has 0 atom stereocenters. The Hall–Kier alpha value is -0.910. The van der Waals surface area contributed by atoms with E-state index in [2.05, 4.69) is 6.07 Å². The average Bonchev–Trinajstić information content (AvgIpc) is 3.04. The number of hydrogen-bond donors (Lipinski definition) is 1. The van der Waals surface area contributed by atoms with Crippen molar-refractivity contribution < 1.29 is 9.53 Å². The molecular formula is C16H26N2O2S. The van der Waals surface area contributed by atoms with Crippen molar-refractivity contribution in [3.8, 4) is 0 Å². The molecule has 0 unspecified atom stereocenters. The van der Waals surface area contributed by atoms with Crippen LogP contribution in [0.3, 0.4) is 0 Å². The summed E-state index contributed by atoms with van der Waals surface area (Å²) in [5.74, 6) is 0.218. The lowest BCUT2D eigenvalue weighted by Crippen LogP contribution is -2.49. The van der Waals surface area contributed by atoms with Crippen molar-refractivity contribution >= 4 is 17.2 Å². The van der Waals surface area contributed by atoms with Crippen LogP contribution >= 0.6 is 11.3 Å². The van der Waals surface area contributed by atoms with Crippen LogP contribution in [0.5, 0.6) is 0 Å². The van der Waals surface area contributed by atoms with E-state index in [1.54, 1.807) is 18.4 Å². The van der Waals surface area contributed by atoms with Crippen LogP contribution in [0.1, 0.15) is 37.0 Å². The number of methoxy groups -OCH3 is 1. The van der Waals surface area contributed by atoms with Crippen molar-refractivity contribution in [2.24, 2.45) is 11.1 Å². The number of carbonyl (C=O) groups excluding carboxylic acids is 1. The van der Waals surface area contributed by atoms with Crippen LogP contribution in [0.15, 0.2) is 17.5 Å². The molecule has 2 N–H and O–H groups in total. The van der Waals surface area contributed by atoms with Crippen LogP contribution in [0.2, 0.25) is 0 Å². The predicted octanol–water partition coefficient (Wildman–Crippen LogP) is 2.63. The van der Waals surface area contributed by atoms with Crippen LogP contribution in [0.4, 0.5) is 0 Å². The van der Waals surface area contributed by atoms with Gasteiger partial charge in [-0.15, -0.1) is 11.3 Å². The second kappa shape index (κ2) is 7.92. The Bertz CT molecular complexity index is 427. The molecule has 1 aromatic heterocycles. The van der Waals surface area contributed by atoms with Crippen LogP contribution in [-0.2, 0) is 16.1 Å². The van der Waals surface area contributed by atoms with Gasteiger partial charge in [0.15, 0.2) is 0 Å². The van der Waals surface area contributed by atoms with Crippen LogP contribution < -0.4 is 5.73 Å². The Kier molecular flexibility index (Phi) is 6.21. The number of nitrogens with zero attached hydrogens (tertiary/aromatic N) is 1. The zero-order valence-corrected chi connectivity index (χ0v) is 13.7. The standard InChI is InChI=1S/C16H26N2O2S/c1-20-10-9-18(12-14-6-5-11-21-14)15(19)16(13-17)7-3-2-4-8-16/h5-6,11H,2-4,7-10,12-13,17H2,1H3. The first kappa shape index (κ1) is 16.5. The van der Waals surface area contributed by atoms with Crippen molar-refractivity contribution in [1.29, 1.82) is 0 Å². The van der Waals surface area contributed by atoms with Gasteiger partial charge in [-0.1, -0.05) is 25.3 Å². The number of hydrogen-bond acceptors (Lipinski definition) is 4. The highest BCUT2D eigenvalue weighted by atomic mass is 32.1. The van der Waals surface area contributed by atoms with E-state index in [0.29, 0.717) is 26.2 Å². The quantitative estimate of drug-likeness (QED) is 0.842. The molecule has 0 spiro atoms. The van der Waals surface area contributed by atoms with Gasteiger partial charge >= 0.3 is 0 Å². The van der Waals surface area contributed by atoms with Crippen LogP contribution in [0.25, 0.3) is 0 Å². The summed E-state index contributed by atoms with van der Waals surface area (Å²) in [6, 6.07) is 4.10. The fraction of sp³-hybridized carbons (Fsp3) is 0.688. The first-order chi connectivity index (χ1) is 10.2. The van der Waals surface area contributed by atoms with Crippen molar-refractivity contribution in [2.75, 3.05) is 26.8 Å². The van der Waals surface area contributed by atoms with E-state index in [4.69, 9.17) is 10.5 Å². The summed E-state index contributed by atoms with van der Waals surface area (Å²) >= 11 is 1.69. The van der Waals surface area contributed by atoms with E-state index >= 15 is 0 Å². The minimum absolute atomic E-state index is 0.218. The van der Waals surface area contributed by atoms with E-state index in [-0.39, 0.29) is 11.3 Å². The third kappa shape index (κ3) is 4.05. The molecule has 118 valence electrons. The van der Waals surface area contributed by atoms with Gasteiger partial charge in [-0.2, -0.15) is 0 Å². The molecule has 0 radical (unpaired) electrons. The van der Waals surface area contributed by atoms with Crippen LogP contribution in [0, 0.1) is 5.41 Å². The van der Waals surface area contributed by atoms with E-state index in [1.807, 2.05) is 16.3 Å². The smallest absolute Gasteiger partial charge is 0.230 e. The van der Waals surface area contributed by atoms with Gasteiger partial charge in [0, 0.05) is 25.1 Å². The minimum atomic E-state index is -0.344. The molecule has 1 amide bonds. The number of nitrogens with two attached hydrogens (primary N) is 1. The summed E-state index contributed by atoms with van der Waals surface area (Å²) in [5.41, 5.74) is 5.66. The lowest BCUT2D eigenvalue weighted by molar-refractivity contribution is -0.145. The molecule has 4 nitrogen and oxygen atoms in total. The number of thiophene rings is 1. The third-order valence-corrected chi connectivity index (χ3v) is 5.30. The van der Waals surface area contributed by atoms with Gasteiger partial charge in [0.05, 0.1) is 18.6 Å². The number of carbonyl (C=O) groups is 1. The molecule has 1 heterocycles. The highest BCUT2D eigenvalue weighted by Gasteiger charge is 2.40. The Balaban J connectivity index is 2.11. The maximum Gasteiger partial charge on any atom is 0.230 e. The van der Waals surface area contributed by atoms with Gasteiger partial charge in [-0.25, -0.2) is 0 Å². The summed E-state index contributed by atoms with van der Waals surface area (Å²) in [4.78, 5) is 16.2. The third-order valence-electron chi connectivity index (χ3n) is 4.43. The van der Waals surface area contributed by atoms with Crippen molar-refractivity contribution in [2.45, 2.75) is 38.6 Å². The molecule has 5 heteroatoms. The average molecular weight is 310 g/mol. The van der Waals surface area contributed by atoms with Gasteiger partial charge in [0.2, 0.25) is 5.91 Å². The summed E-state index contributed by atoms with van der Waals surface area (Å²) in [6.07, 6.45) is 5.30. The molecule has 1 saturated carbocycles. The number of ether oxygens (including phenoxy) is 1. The summed E-state index contributed by atoms with van der Waals surface area (Å²) in [5, 5.41) is 2.05. The largest absolute Gasteiger partial charge is 0.383 e. The number of rotatable bonds is 7. The highest BCUT2D eigenvalue weighted by molar-refractivity contribution is 7.09.